The zero-order valence-electron chi connectivity index (χ0n) is 15.1. The van der Waals surface area contributed by atoms with Crippen LogP contribution in [-0.4, -0.2) is 77.5 Å². The van der Waals surface area contributed by atoms with Crippen molar-refractivity contribution >= 4 is 5.91 Å². The molecule has 0 unspecified atom stereocenters. The van der Waals surface area contributed by atoms with Crippen molar-refractivity contribution in [3.8, 4) is 0 Å². The van der Waals surface area contributed by atoms with Crippen LogP contribution in [0.5, 0.6) is 0 Å². The Labute approximate surface area is 146 Å². The molecule has 3 rings (SSSR count). The Kier molecular flexibility index (Phi) is 6.32. The Morgan fingerprint density at radius 1 is 1.00 bits per heavy atom. The van der Waals surface area contributed by atoms with Gasteiger partial charge in [-0.2, -0.15) is 0 Å². The summed E-state index contributed by atoms with van der Waals surface area (Å²) in [5.41, 5.74) is 0. The fourth-order valence-corrected chi connectivity index (χ4v) is 3.95. The maximum absolute atomic E-state index is 12.5. The normalized spacial score (nSPS) is 23.5. The molecule has 5 nitrogen and oxygen atoms in total. The van der Waals surface area contributed by atoms with Gasteiger partial charge in [-0.05, 0) is 45.0 Å². The lowest BCUT2D eigenvalue weighted by Gasteiger charge is -2.36. The molecular weight excluding hydrogens is 300 g/mol. The van der Waals surface area contributed by atoms with Gasteiger partial charge in [-0.25, -0.2) is 0 Å². The lowest BCUT2D eigenvalue weighted by Crippen LogP contribution is -2.49. The molecule has 1 amide bonds. The molecule has 2 fully saturated rings. The smallest absolute Gasteiger partial charge is 0.222 e. The number of hydrogen-bond donors (Lipinski definition) is 0. The van der Waals surface area contributed by atoms with Crippen molar-refractivity contribution in [3.63, 3.8) is 0 Å². The fraction of sp³-hybridized carbons (Fsp3) is 0.737. The highest BCUT2D eigenvalue weighted by molar-refractivity contribution is 5.76. The first-order valence-corrected chi connectivity index (χ1v) is 9.53. The summed E-state index contributed by atoms with van der Waals surface area (Å²) in [5.74, 6) is 0.360. The van der Waals surface area contributed by atoms with Gasteiger partial charge in [-0.1, -0.05) is 6.42 Å². The maximum Gasteiger partial charge on any atom is 0.222 e. The summed E-state index contributed by atoms with van der Waals surface area (Å²) in [6.07, 6.45) is 9.87. The maximum atomic E-state index is 12.5. The van der Waals surface area contributed by atoms with E-state index >= 15 is 0 Å². The third-order valence-electron chi connectivity index (χ3n) is 5.68. The Balaban J connectivity index is 1.34. The first kappa shape index (κ1) is 17.5. The molecule has 1 aromatic rings. The minimum atomic E-state index is 0.360. The van der Waals surface area contributed by atoms with E-state index in [1.165, 1.54) is 25.8 Å². The van der Waals surface area contributed by atoms with Crippen molar-refractivity contribution in [1.29, 1.82) is 0 Å². The number of aromatic nitrogens is 1. The number of piperidine rings is 1. The van der Waals surface area contributed by atoms with E-state index in [0.717, 1.165) is 52.1 Å². The molecule has 1 atom stereocenters. The molecule has 0 aromatic carbocycles. The molecule has 0 bridgehead atoms. The van der Waals surface area contributed by atoms with Crippen LogP contribution in [0.25, 0.3) is 0 Å². The number of amides is 1. The van der Waals surface area contributed by atoms with E-state index < -0.39 is 0 Å². The lowest BCUT2D eigenvalue weighted by molar-refractivity contribution is -0.133. The van der Waals surface area contributed by atoms with Crippen molar-refractivity contribution in [2.45, 2.75) is 44.7 Å². The van der Waals surface area contributed by atoms with Gasteiger partial charge in [-0.3, -0.25) is 9.69 Å². The molecular formula is C19H32N4O. The van der Waals surface area contributed by atoms with Crippen LogP contribution < -0.4 is 0 Å². The number of carbonyl (C=O) groups excluding carboxylic acids is 1. The lowest BCUT2D eigenvalue weighted by atomic mass is 9.98. The highest BCUT2D eigenvalue weighted by Gasteiger charge is 2.23. The summed E-state index contributed by atoms with van der Waals surface area (Å²) in [5, 5.41) is 0. The van der Waals surface area contributed by atoms with Crippen molar-refractivity contribution < 1.29 is 4.79 Å². The second-order valence-electron chi connectivity index (χ2n) is 7.31. The molecule has 2 aliphatic rings. The van der Waals surface area contributed by atoms with Crippen LogP contribution in [0.15, 0.2) is 24.5 Å². The van der Waals surface area contributed by atoms with Crippen LogP contribution in [0.4, 0.5) is 0 Å². The summed E-state index contributed by atoms with van der Waals surface area (Å²) in [6.45, 7) is 7.11. The van der Waals surface area contributed by atoms with Gasteiger partial charge in [-0.15, -0.1) is 0 Å². The van der Waals surface area contributed by atoms with Crippen molar-refractivity contribution in [2.24, 2.45) is 0 Å². The highest BCUT2D eigenvalue weighted by Crippen LogP contribution is 2.19. The second-order valence-corrected chi connectivity index (χ2v) is 7.31. The van der Waals surface area contributed by atoms with Gasteiger partial charge in [0.05, 0.1) is 0 Å². The van der Waals surface area contributed by atoms with Crippen LogP contribution in [0.1, 0.15) is 32.1 Å². The Hall–Kier alpha value is -1.33. The number of carbonyl (C=O) groups is 1. The van der Waals surface area contributed by atoms with E-state index in [2.05, 4.69) is 50.8 Å². The minimum absolute atomic E-state index is 0.360. The molecule has 0 N–H and O–H groups in total. The van der Waals surface area contributed by atoms with E-state index in [1.54, 1.807) is 0 Å². The average Bonchev–Trinajstić information content (AvgIpc) is 3.13. The highest BCUT2D eigenvalue weighted by atomic mass is 16.2. The third kappa shape index (κ3) is 4.84. The van der Waals surface area contributed by atoms with Gasteiger partial charge in [0.25, 0.3) is 0 Å². The number of likely N-dealkylation sites (tertiary alicyclic amines) is 1. The van der Waals surface area contributed by atoms with E-state index in [-0.39, 0.29) is 0 Å². The average molecular weight is 332 g/mol. The molecule has 24 heavy (non-hydrogen) atoms. The zero-order chi connectivity index (χ0) is 16.8. The number of piperazine rings is 1. The SMILES string of the molecule is CN1CCCC[C@@H]1CCC(=O)N1CCN(CCn2cccc2)CC1. The van der Waals surface area contributed by atoms with Crippen LogP contribution in [0.2, 0.25) is 0 Å². The third-order valence-corrected chi connectivity index (χ3v) is 5.68. The summed E-state index contributed by atoms with van der Waals surface area (Å²) in [6, 6.07) is 4.76. The second kappa shape index (κ2) is 8.67. The molecule has 2 saturated heterocycles. The van der Waals surface area contributed by atoms with E-state index in [1.807, 2.05) is 0 Å². The minimum Gasteiger partial charge on any atom is -0.353 e. The number of rotatable bonds is 6. The van der Waals surface area contributed by atoms with Crippen molar-refractivity contribution in [2.75, 3.05) is 46.3 Å². The van der Waals surface area contributed by atoms with Gasteiger partial charge in [0.1, 0.15) is 0 Å². The number of hydrogen-bond acceptors (Lipinski definition) is 3. The topological polar surface area (TPSA) is 31.7 Å². The molecule has 2 aliphatic heterocycles. The van der Waals surface area contributed by atoms with Crippen LogP contribution in [-0.2, 0) is 11.3 Å². The monoisotopic (exact) mass is 332 g/mol. The Morgan fingerprint density at radius 2 is 1.75 bits per heavy atom. The largest absolute Gasteiger partial charge is 0.353 e. The molecule has 0 aliphatic carbocycles. The first-order chi connectivity index (χ1) is 11.7. The Morgan fingerprint density at radius 3 is 2.46 bits per heavy atom. The summed E-state index contributed by atoms with van der Waals surface area (Å²) in [7, 11) is 2.21. The van der Waals surface area contributed by atoms with Gasteiger partial charge in [0.15, 0.2) is 0 Å². The first-order valence-electron chi connectivity index (χ1n) is 9.53. The molecule has 0 spiro atoms. The molecule has 5 heteroatoms. The van der Waals surface area contributed by atoms with Crippen molar-refractivity contribution in [1.82, 2.24) is 19.3 Å². The predicted octanol–water partition coefficient (Wildman–Crippen LogP) is 1.90. The molecule has 1 aromatic heterocycles. The predicted molar refractivity (Wildman–Crippen MR) is 97.0 cm³/mol. The van der Waals surface area contributed by atoms with Gasteiger partial charge < -0.3 is 14.4 Å². The summed E-state index contributed by atoms with van der Waals surface area (Å²) >= 11 is 0. The molecule has 134 valence electrons. The van der Waals surface area contributed by atoms with Gasteiger partial charge in [0.2, 0.25) is 5.91 Å². The molecule has 0 radical (unpaired) electrons. The van der Waals surface area contributed by atoms with Crippen LogP contribution in [0, 0.1) is 0 Å². The summed E-state index contributed by atoms with van der Waals surface area (Å²) in [4.78, 5) is 19.5. The Bertz CT molecular complexity index is 493. The number of nitrogens with zero attached hydrogens (tertiary/aromatic N) is 4. The zero-order valence-corrected chi connectivity index (χ0v) is 15.1. The van der Waals surface area contributed by atoms with Crippen molar-refractivity contribution in [3.05, 3.63) is 24.5 Å². The van der Waals surface area contributed by atoms with Gasteiger partial charge in [0, 0.05) is 64.1 Å². The van der Waals surface area contributed by atoms with Crippen LogP contribution >= 0.6 is 0 Å². The quantitative estimate of drug-likeness (QED) is 0.797. The van der Waals surface area contributed by atoms with E-state index in [9.17, 15) is 4.79 Å². The summed E-state index contributed by atoms with van der Waals surface area (Å²) < 4.78 is 2.22. The molecule has 0 saturated carbocycles. The van der Waals surface area contributed by atoms with E-state index in [0.29, 0.717) is 11.9 Å². The van der Waals surface area contributed by atoms with Gasteiger partial charge >= 0.3 is 0 Å². The van der Waals surface area contributed by atoms with E-state index in [4.69, 9.17) is 0 Å². The fourth-order valence-electron chi connectivity index (χ4n) is 3.95. The molecule has 3 heterocycles. The van der Waals surface area contributed by atoms with Crippen LogP contribution in [0.3, 0.4) is 0 Å². The standard InChI is InChI=1S/C19H32N4O/c1-20-9-3-2-6-18(20)7-8-19(24)23-16-14-22(15-17-23)13-12-21-10-4-5-11-21/h4-5,10-11,18H,2-3,6-9,12-17H2,1H3/t18-/m1/s1.